The predicted octanol–water partition coefficient (Wildman–Crippen LogP) is 15.1. The van der Waals surface area contributed by atoms with E-state index >= 15 is 0 Å². The zero-order valence-electron chi connectivity index (χ0n) is 29.8. The van der Waals surface area contributed by atoms with Crippen molar-refractivity contribution in [2.24, 2.45) is 0 Å². The van der Waals surface area contributed by atoms with Gasteiger partial charge < -0.3 is 13.7 Å². The van der Waals surface area contributed by atoms with Crippen LogP contribution in [0, 0.1) is 0 Å². The van der Waals surface area contributed by atoms with Gasteiger partial charge in [-0.25, -0.2) is 0 Å². The lowest BCUT2D eigenvalue weighted by atomic mass is 9.97. The molecule has 0 fully saturated rings. The Kier molecular flexibility index (Phi) is 7.17. The molecule has 3 nitrogen and oxygen atoms in total. The minimum absolute atomic E-state index is 0.844. The van der Waals surface area contributed by atoms with Crippen LogP contribution < -0.4 is 4.90 Å². The molecule has 0 saturated carbocycles. The SMILES string of the molecule is c1ccc(-c2cc(-c3ccccc3)cc(N(c3ccc(-c4cccc5c4oc4ccccc45)cc3)c3cccc4c3oc3c5ccccc5ccc43)c2)cc1. The second kappa shape index (κ2) is 12.6. The molecule has 0 aliphatic carbocycles. The largest absolute Gasteiger partial charge is 0.455 e. The van der Waals surface area contributed by atoms with Crippen molar-refractivity contribution >= 4 is 71.7 Å². The Balaban J connectivity index is 1.15. The summed E-state index contributed by atoms with van der Waals surface area (Å²) in [6.07, 6.45) is 0. The van der Waals surface area contributed by atoms with Crippen LogP contribution in [0.15, 0.2) is 209 Å². The van der Waals surface area contributed by atoms with Gasteiger partial charge in [0, 0.05) is 43.9 Å². The fourth-order valence-corrected chi connectivity index (χ4v) is 8.21. The fourth-order valence-electron chi connectivity index (χ4n) is 8.21. The monoisotopic (exact) mass is 703 g/mol. The van der Waals surface area contributed by atoms with Crippen molar-refractivity contribution in [1.29, 1.82) is 0 Å². The first-order valence-electron chi connectivity index (χ1n) is 18.7. The molecule has 3 heteroatoms. The summed E-state index contributed by atoms with van der Waals surface area (Å²) in [6, 6.07) is 70.9. The van der Waals surface area contributed by atoms with Gasteiger partial charge in [-0.05, 0) is 81.7 Å². The third-order valence-corrected chi connectivity index (χ3v) is 10.8. The first-order chi connectivity index (χ1) is 27.3. The fraction of sp³-hybridized carbons (Fsp3) is 0. The smallest absolute Gasteiger partial charge is 0.159 e. The molecule has 0 saturated heterocycles. The second-order valence-corrected chi connectivity index (χ2v) is 14.1. The van der Waals surface area contributed by atoms with Crippen LogP contribution in [-0.2, 0) is 0 Å². The Bertz CT molecular complexity index is 3140. The molecule has 11 aromatic rings. The molecule has 0 aliphatic rings. The van der Waals surface area contributed by atoms with E-state index in [1.807, 2.05) is 12.1 Å². The first kappa shape index (κ1) is 31.2. The standard InChI is InChI=1S/C52H33NO2/c1-3-13-34(14-4-1)38-31-39(35-15-5-2-6-16-35)33-41(32-38)53(48-23-12-22-46-47-30-27-36-17-7-8-18-42(36)51(47)55-52(46)48)40-28-25-37(26-29-40)43-20-11-21-45-44-19-9-10-24-49(44)54-50(43)45/h1-33H. The van der Waals surface area contributed by atoms with Crippen LogP contribution in [0.1, 0.15) is 0 Å². The average Bonchev–Trinajstić information content (AvgIpc) is 3.84. The first-order valence-corrected chi connectivity index (χ1v) is 18.7. The van der Waals surface area contributed by atoms with Crippen LogP contribution in [0.4, 0.5) is 17.1 Å². The highest BCUT2D eigenvalue weighted by molar-refractivity contribution is 6.17. The summed E-state index contributed by atoms with van der Waals surface area (Å²) in [4.78, 5) is 2.34. The normalized spacial score (nSPS) is 11.6. The number of hydrogen-bond acceptors (Lipinski definition) is 3. The summed E-state index contributed by atoms with van der Waals surface area (Å²) >= 11 is 0. The van der Waals surface area contributed by atoms with Crippen LogP contribution in [-0.4, -0.2) is 0 Å². The van der Waals surface area contributed by atoms with E-state index in [0.717, 1.165) is 105 Å². The molecule has 0 bridgehead atoms. The van der Waals surface area contributed by atoms with Gasteiger partial charge in [-0.1, -0.05) is 152 Å². The molecular formula is C52H33NO2. The van der Waals surface area contributed by atoms with E-state index in [-0.39, 0.29) is 0 Å². The Morgan fingerprint density at radius 1 is 0.309 bits per heavy atom. The molecule has 0 atom stereocenters. The molecule has 0 radical (unpaired) electrons. The van der Waals surface area contributed by atoms with Crippen LogP contribution in [0.3, 0.4) is 0 Å². The maximum Gasteiger partial charge on any atom is 0.159 e. The Morgan fingerprint density at radius 3 is 1.65 bits per heavy atom. The molecule has 9 aromatic carbocycles. The van der Waals surface area contributed by atoms with Crippen LogP contribution in [0.5, 0.6) is 0 Å². The molecule has 0 aliphatic heterocycles. The number of furan rings is 2. The topological polar surface area (TPSA) is 29.5 Å². The van der Waals surface area contributed by atoms with Gasteiger partial charge in [0.25, 0.3) is 0 Å². The third kappa shape index (κ3) is 5.20. The number of hydrogen-bond donors (Lipinski definition) is 0. The molecular weight excluding hydrogens is 671 g/mol. The van der Waals surface area contributed by atoms with Crippen molar-refractivity contribution in [2.45, 2.75) is 0 Å². The second-order valence-electron chi connectivity index (χ2n) is 14.1. The molecule has 0 N–H and O–H groups in total. The number of benzene rings is 9. The lowest BCUT2D eigenvalue weighted by molar-refractivity contribution is 0.670. The van der Waals surface area contributed by atoms with E-state index in [9.17, 15) is 0 Å². The molecule has 11 rings (SSSR count). The van der Waals surface area contributed by atoms with Crippen molar-refractivity contribution in [1.82, 2.24) is 0 Å². The average molecular weight is 704 g/mol. The number of nitrogens with zero attached hydrogens (tertiary/aromatic N) is 1. The van der Waals surface area contributed by atoms with Gasteiger partial charge >= 0.3 is 0 Å². The summed E-state index contributed by atoms with van der Waals surface area (Å²) in [5, 5.41) is 6.70. The molecule has 2 heterocycles. The van der Waals surface area contributed by atoms with E-state index in [1.165, 1.54) is 0 Å². The van der Waals surface area contributed by atoms with Crippen LogP contribution in [0.2, 0.25) is 0 Å². The molecule has 0 unspecified atom stereocenters. The molecule has 55 heavy (non-hydrogen) atoms. The molecule has 2 aromatic heterocycles. The van der Waals surface area contributed by atoms with Gasteiger partial charge in [0.2, 0.25) is 0 Å². The predicted molar refractivity (Wildman–Crippen MR) is 229 cm³/mol. The van der Waals surface area contributed by atoms with Crippen LogP contribution >= 0.6 is 0 Å². The van der Waals surface area contributed by atoms with E-state index in [2.05, 4.69) is 193 Å². The van der Waals surface area contributed by atoms with Gasteiger partial charge in [0.1, 0.15) is 16.7 Å². The molecule has 258 valence electrons. The van der Waals surface area contributed by atoms with E-state index in [4.69, 9.17) is 8.83 Å². The lowest BCUT2D eigenvalue weighted by Gasteiger charge is -2.27. The Hall–Kier alpha value is -7.36. The number of rotatable bonds is 6. The minimum atomic E-state index is 0.844. The van der Waals surface area contributed by atoms with Gasteiger partial charge in [0.15, 0.2) is 5.58 Å². The van der Waals surface area contributed by atoms with Gasteiger partial charge in [0.05, 0.1) is 5.69 Å². The van der Waals surface area contributed by atoms with Crippen molar-refractivity contribution in [3.8, 4) is 33.4 Å². The highest BCUT2D eigenvalue weighted by Gasteiger charge is 2.22. The van der Waals surface area contributed by atoms with E-state index in [0.29, 0.717) is 0 Å². The Morgan fingerprint density at radius 2 is 0.909 bits per heavy atom. The summed E-state index contributed by atoms with van der Waals surface area (Å²) in [5.74, 6) is 0. The third-order valence-electron chi connectivity index (χ3n) is 10.8. The number of para-hydroxylation sites is 3. The van der Waals surface area contributed by atoms with Crippen molar-refractivity contribution in [2.75, 3.05) is 4.90 Å². The maximum absolute atomic E-state index is 6.97. The quantitative estimate of drug-likeness (QED) is 0.173. The van der Waals surface area contributed by atoms with Gasteiger partial charge in [-0.15, -0.1) is 0 Å². The van der Waals surface area contributed by atoms with E-state index < -0.39 is 0 Å². The highest BCUT2D eigenvalue weighted by atomic mass is 16.3. The Labute approximate surface area is 317 Å². The number of fused-ring (bicyclic) bond motifs is 8. The maximum atomic E-state index is 6.97. The van der Waals surface area contributed by atoms with Gasteiger partial charge in [-0.3, -0.25) is 0 Å². The van der Waals surface area contributed by atoms with Crippen molar-refractivity contribution < 1.29 is 8.83 Å². The molecule has 0 spiro atoms. The number of anilines is 3. The minimum Gasteiger partial charge on any atom is -0.455 e. The van der Waals surface area contributed by atoms with Crippen molar-refractivity contribution in [3.63, 3.8) is 0 Å². The summed E-state index contributed by atoms with van der Waals surface area (Å²) < 4.78 is 13.4. The van der Waals surface area contributed by atoms with Crippen LogP contribution in [0.25, 0.3) is 88.0 Å². The van der Waals surface area contributed by atoms with Crippen molar-refractivity contribution in [3.05, 3.63) is 200 Å². The summed E-state index contributed by atoms with van der Waals surface area (Å²) in [6.45, 7) is 0. The highest BCUT2D eigenvalue weighted by Crippen LogP contribution is 2.46. The zero-order chi connectivity index (χ0) is 36.3. The molecule has 0 amide bonds. The zero-order valence-corrected chi connectivity index (χ0v) is 29.8. The van der Waals surface area contributed by atoms with E-state index in [1.54, 1.807) is 0 Å². The summed E-state index contributed by atoms with van der Waals surface area (Å²) in [5.41, 5.74) is 13.3. The summed E-state index contributed by atoms with van der Waals surface area (Å²) in [7, 11) is 0. The lowest BCUT2D eigenvalue weighted by Crippen LogP contribution is -2.10. The van der Waals surface area contributed by atoms with Gasteiger partial charge in [-0.2, -0.15) is 0 Å².